The van der Waals surface area contributed by atoms with E-state index in [2.05, 4.69) is 15.2 Å². The summed E-state index contributed by atoms with van der Waals surface area (Å²) >= 11 is 0. The molecule has 0 saturated carbocycles. The second kappa shape index (κ2) is 6.66. The van der Waals surface area contributed by atoms with Gasteiger partial charge < -0.3 is 10.2 Å². The van der Waals surface area contributed by atoms with Gasteiger partial charge in [0.2, 0.25) is 0 Å². The molecule has 6 nitrogen and oxygen atoms in total. The summed E-state index contributed by atoms with van der Waals surface area (Å²) in [6.07, 6.45) is 3.03. The first kappa shape index (κ1) is 16.9. The molecule has 7 heteroatoms. The molecule has 0 bridgehead atoms. The number of fused-ring (bicyclic) bond motifs is 1. The molecule has 26 heavy (non-hydrogen) atoms. The van der Waals surface area contributed by atoms with Crippen LogP contribution in [0.1, 0.15) is 0 Å². The van der Waals surface area contributed by atoms with E-state index in [1.807, 2.05) is 30.5 Å². The number of nitrogens with one attached hydrogen (secondary N) is 1. The van der Waals surface area contributed by atoms with E-state index in [4.69, 9.17) is 4.98 Å². The van der Waals surface area contributed by atoms with Crippen LogP contribution >= 0.6 is 0 Å². The van der Waals surface area contributed by atoms with E-state index in [1.165, 1.54) is 6.26 Å². The number of rotatable bonds is 3. The van der Waals surface area contributed by atoms with Crippen LogP contribution in [0, 0.1) is 0 Å². The average molecular weight is 368 g/mol. The van der Waals surface area contributed by atoms with Crippen LogP contribution in [0.3, 0.4) is 0 Å². The molecule has 1 aromatic carbocycles. The highest BCUT2D eigenvalue weighted by molar-refractivity contribution is 7.90. The molecule has 134 valence electrons. The number of benzene rings is 1. The van der Waals surface area contributed by atoms with Crippen LogP contribution in [0.4, 0.5) is 5.69 Å². The lowest BCUT2D eigenvalue weighted by atomic mass is 10.1. The molecule has 1 aliphatic rings. The third-order valence-corrected chi connectivity index (χ3v) is 5.69. The van der Waals surface area contributed by atoms with Gasteiger partial charge in [0.15, 0.2) is 9.84 Å². The van der Waals surface area contributed by atoms with Crippen molar-refractivity contribution in [3.05, 3.63) is 48.7 Å². The normalized spacial score (nSPS) is 15.3. The van der Waals surface area contributed by atoms with Gasteiger partial charge in [-0.05, 0) is 30.3 Å². The molecule has 1 N–H and O–H groups in total. The second-order valence-electron chi connectivity index (χ2n) is 6.43. The molecule has 4 rings (SSSR count). The van der Waals surface area contributed by atoms with Gasteiger partial charge in [-0.15, -0.1) is 0 Å². The highest BCUT2D eigenvalue weighted by Crippen LogP contribution is 2.28. The van der Waals surface area contributed by atoms with Crippen LogP contribution in [0.5, 0.6) is 0 Å². The Labute approximate surface area is 152 Å². The Bertz CT molecular complexity index is 1060. The Morgan fingerprint density at radius 1 is 1.08 bits per heavy atom. The quantitative estimate of drug-likeness (QED) is 0.763. The number of pyridine rings is 2. The topological polar surface area (TPSA) is 75.2 Å². The van der Waals surface area contributed by atoms with E-state index >= 15 is 0 Å². The lowest BCUT2D eigenvalue weighted by Crippen LogP contribution is -2.43. The van der Waals surface area contributed by atoms with Gasteiger partial charge in [0.25, 0.3) is 0 Å². The van der Waals surface area contributed by atoms with Crippen LogP contribution in [-0.4, -0.2) is 50.8 Å². The van der Waals surface area contributed by atoms with Crippen LogP contribution < -0.4 is 10.2 Å². The Morgan fingerprint density at radius 3 is 2.65 bits per heavy atom. The predicted molar refractivity (Wildman–Crippen MR) is 103 cm³/mol. The van der Waals surface area contributed by atoms with Crippen molar-refractivity contribution in [3.63, 3.8) is 0 Å². The zero-order valence-electron chi connectivity index (χ0n) is 14.5. The van der Waals surface area contributed by atoms with Crippen molar-refractivity contribution in [2.24, 2.45) is 0 Å². The summed E-state index contributed by atoms with van der Waals surface area (Å²) in [5.74, 6) is 0. The molecule has 1 fully saturated rings. The van der Waals surface area contributed by atoms with Crippen molar-refractivity contribution < 1.29 is 8.42 Å². The summed E-state index contributed by atoms with van der Waals surface area (Å²) in [5.41, 5.74) is 4.27. The summed E-state index contributed by atoms with van der Waals surface area (Å²) in [5, 5.41) is 3.36. The maximum absolute atomic E-state index is 11.8. The average Bonchev–Trinajstić information content (AvgIpc) is 2.67. The number of hydrogen-bond acceptors (Lipinski definition) is 6. The lowest BCUT2D eigenvalue weighted by Gasteiger charge is -2.29. The van der Waals surface area contributed by atoms with Crippen LogP contribution in [-0.2, 0) is 9.84 Å². The molecule has 1 aliphatic heterocycles. The molecule has 0 atom stereocenters. The maximum Gasteiger partial charge on any atom is 0.175 e. The number of hydrogen-bond donors (Lipinski definition) is 1. The number of sulfone groups is 1. The van der Waals surface area contributed by atoms with Crippen molar-refractivity contribution in [1.29, 1.82) is 0 Å². The summed E-state index contributed by atoms with van der Waals surface area (Å²) in [6, 6.07) is 12.7. The lowest BCUT2D eigenvalue weighted by molar-refractivity contribution is 0.590. The van der Waals surface area contributed by atoms with Gasteiger partial charge in [0.05, 0.1) is 21.8 Å². The standard InChI is InChI=1S/C19H20N4O2S/c1-26(24,25)15-4-2-3-14(13-15)16-5-6-17-19(22-16)18(7-8-21-17)23-11-9-20-10-12-23/h2-8,13,20H,9-12H2,1H3. The largest absolute Gasteiger partial charge is 0.367 e. The fourth-order valence-corrected chi connectivity index (χ4v) is 3.89. The zero-order chi connectivity index (χ0) is 18.1. The van der Waals surface area contributed by atoms with E-state index < -0.39 is 9.84 Å². The van der Waals surface area contributed by atoms with E-state index in [0.717, 1.165) is 54.2 Å². The molecule has 0 amide bonds. The highest BCUT2D eigenvalue weighted by Gasteiger charge is 2.16. The third-order valence-electron chi connectivity index (χ3n) is 4.58. The van der Waals surface area contributed by atoms with Gasteiger partial charge in [-0.1, -0.05) is 12.1 Å². The molecule has 0 aliphatic carbocycles. The minimum atomic E-state index is -3.26. The van der Waals surface area contributed by atoms with Gasteiger partial charge >= 0.3 is 0 Å². The second-order valence-corrected chi connectivity index (χ2v) is 8.45. The monoisotopic (exact) mass is 368 g/mol. The van der Waals surface area contributed by atoms with Crippen molar-refractivity contribution in [3.8, 4) is 11.3 Å². The maximum atomic E-state index is 11.8. The molecular formula is C19H20N4O2S. The van der Waals surface area contributed by atoms with Gasteiger partial charge in [0, 0.05) is 44.2 Å². The predicted octanol–water partition coefficient (Wildman–Crippen LogP) is 2.11. The van der Waals surface area contributed by atoms with Crippen LogP contribution in [0.15, 0.2) is 53.6 Å². The Balaban J connectivity index is 1.82. The number of aromatic nitrogens is 2. The van der Waals surface area contributed by atoms with Crippen molar-refractivity contribution in [2.45, 2.75) is 4.90 Å². The molecule has 1 saturated heterocycles. The molecular weight excluding hydrogens is 348 g/mol. The van der Waals surface area contributed by atoms with Crippen LogP contribution in [0.2, 0.25) is 0 Å². The number of nitrogens with zero attached hydrogens (tertiary/aromatic N) is 3. The first-order valence-electron chi connectivity index (χ1n) is 8.54. The van der Waals surface area contributed by atoms with Crippen molar-refractivity contribution in [2.75, 3.05) is 37.3 Å². The fraction of sp³-hybridized carbons (Fsp3) is 0.263. The number of anilines is 1. The molecule has 3 heterocycles. The minimum absolute atomic E-state index is 0.297. The molecule has 3 aromatic rings. The van der Waals surface area contributed by atoms with Gasteiger partial charge in [0.1, 0.15) is 5.52 Å². The number of piperazine rings is 1. The summed E-state index contributed by atoms with van der Waals surface area (Å²) in [6.45, 7) is 3.74. The SMILES string of the molecule is CS(=O)(=O)c1cccc(-c2ccc3nccc(N4CCNCC4)c3n2)c1. The first-order chi connectivity index (χ1) is 12.5. The third kappa shape index (κ3) is 3.27. The molecule has 0 radical (unpaired) electrons. The van der Waals surface area contributed by atoms with Gasteiger partial charge in [-0.3, -0.25) is 4.98 Å². The van der Waals surface area contributed by atoms with Crippen LogP contribution in [0.25, 0.3) is 22.3 Å². The first-order valence-corrected chi connectivity index (χ1v) is 10.4. The molecule has 2 aromatic heterocycles. The van der Waals surface area contributed by atoms with Crippen molar-refractivity contribution >= 4 is 26.6 Å². The Morgan fingerprint density at radius 2 is 1.88 bits per heavy atom. The summed E-state index contributed by atoms with van der Waals surface area (Å²) in [4.78, 5) is 11.9. The minimum Gasteiger partial charge on any atom is -0.367 e. The fourth-order valence-electron chi connectivity index (χ4n) is 3.22. The van der Waals surface area contributed by atoms with E-state index in [1.54, 1.807) is 18.2 Å². The molecule has 0 unspecified atom stereocenters. The Kier molecular flexibility index (Phi) is 4.34. The van der Waals surface area contributed by atoms with Crippen molar-refractivity contribution in [1.82, 2.24) is 15.3 Å². The summed E-state index contributed by atoms with van der Waals surface area (Å²) < 4.78 is 23.7. The van der Waals surface area contributed by atoms with Gasteiger partial charge in [-0.2, -0.15) is 0 Å². The summed E-state index contributed by atoms with van der Waals surface area (Å²) in [7, 11) is -3.26. The highest BCUT2D eigenvalue weighted by atomic mass is 32.2. The zero-order valence-corrected chi connectivity index (χ0v) is 15.3. The smallest absolute Gasteiger partial charge is 0.175 e. The van der Waals surface area contributed by atoms with E-state index in [9.17, 15) is 8.42 Å². The van der Waals surface area contributed by atoms with Gasteiger partial charge in [-0.25, -0.2) is 13.4 Å². The Hall–Kier alpha value is -2.51. The molecule has 0 spiro atoms. The van der Waals surface area contributed by atoms with E-state index in [-0.39, 0.29) is 0 Å². The van der Waals surface area contributed by atoms with E-state index in [0.29, 0.717) is 4.90 Å².